The normalized spacial score (nSPS) is 19.2. The summed E-state index contributed by atoms with van der Waals surface area (Å²) in [6, 6.07) is 5.29. The van der Waals surface area contributed by atoms with Crippen LogP contribution < -0.4 is 5.32 Å². The first-order valence-electron chi connectivity index (χ1n) is 8.26. The lowest BCUT2D eigenvalue weighted by atomic mass is 9.73. The molecule has 20 heavy (non-hydrogen) atoms. The highest BCUT2D eigenvalue weighted by Crippen LogP contribution is 2.45. The number of nitrogens with one attached hydrogen (secondary N) is 1. The van der Waals surface area contributed by atoms with Gasteiger partial charge >= 0.3 is 0 Å². The molecule has 1 aliphatic carbocycles. The molecule has 0 aromatic heterocycles. The molecule has 1 aromatic carbocycles. The second-order valence-electron chi connectivity index (χ2n) is 6.85. The van der Waals surface area contributed by atoms with E-state index in [0.29, 0.717) is 11.5 Å². The molecule has 2 rings (SSSR count). The first-order chi connectivity index (χ1) is 9.52. The standard InChI is InChI=1S/C19H31N/c1-6-19(9-7-8-10-19)18(20-5)13-17-15(3)11-14(2)12-16(17)4/h11-12,18,20H,6-10,13H2,1-5H3. The highest BCUT2D eigenvalue weighted by molar-refractivity contribution is 5.38. The minimum absolute atomic E-state index is 0.526. The molecule has 112 valence electrons. The number of hydrogen-bond donors (Lipinski definition) is 1. The van der Waals surface area contributed by atoms with Crippen molar-refractivity contribution in [3.8, 4) is 0 Å². The van der Waals surface area contributed by atoms with Crippen molar-refractivity contribution in [1.29, 1.82) is 0 Å². The Kier molecular flexibility index (Phi) is 4.90. The minimum atomic E-state index is 0.526. The van der Waals surface area contributed by atoms with Gasteiger partial charge in [0.1, 0.15) is 0 Å². The summed E-state index contributed by atoms with van der Waals surface area (Å²) < 4.78 is 0. The summed E-state index contributed by atoms with van der Waals surface area (Å²) in [5.41, 5.74) is 6.41. The van der Waals surface area contributed by atoms with E-state index >= 15 is 0 Å². The number of hydrogen-bond acceptors (Lipinski definition) is 1. The van der Waals surface area contributed by atoms with Crippen LogP contribution in [0.2, 0.25) is 0 Å². The number of benzene rings is 1. The molecule has 1 fully saturated rings. The van der Waals surface area contributed by atoms with Gasteiger partial charge in [0.15, 0.2) is 0 Å². The van der Waals surface area contributed by atoms with E-state index in [4.69, 9.17) is 0 Å². The van der Waals surface area contributed by atoms with Crippen molar-refractivity contribution < 1.29 is 0 Å². The van der Waals surface area contributed by atoms with Gasteiger partial charge in [0.05, 0.1) is 0 Å². The highest BCUT2D eigenvalue weighted by atomic mass is 14.9. The summed E-state index contributed by atoms with van der Waals surface area (Å²) in [7, 11) is 2.15. The summed E-state index contributed by atoms with van der Waals surface area (Å²) in [6.07, 6.45) is 8.12. The zero-order chi connectivity index (χ0) is 14.8. The quantitative estimate of drug-likeness (QED) is 0.819. The highest BCUT2D eigenvalue weighted by Gasteiger charge is 2.39. The molecule has 1 atom stereocenters. The van der Waals surface area contributed by atoms with Gasteiger partial charge < -0.3 is 5.32 Å². The van der Waals surface area contributed by atoms with Crippen LogP contribution in [0, 0.1) is 26.2 Å². The molecule has 1 N–H and O–H groups in total. The van der Waals surface area contributed by atoms with Gasteiger partial charge in [0, 0.05) is 6.04 Å². The minimum Gasteiger partial charge on any atom is -0.316 e. The van der Waals surface area contributed by atoms with Crippen molar-refractivity contribution >= 4 is 0 Å². The molecular formula is C19H31N. The Morgan fingerprint density at radius 3 is 2.10 bits per heavy atom. The van der Waals surface area contributed by atoms with Crippen molar-refractivity contribution in [3.05, 3.63) is 34.4 Å². The van der Waals surface area contributed by atoms with Gasteiger partial charge in [-0.3, -0.25) is 0 Å². The molecule has 1 nitrogen and oxygen atoms in total. The molecule has 0 amide bonds. The summed E-state index contributed by atoms with van der Waals surface area (Å²) in [4.78, 5) is 0. The van der Waals surface area contributed by atoms with Crippen LogP contribution >= 0.6 is 0 Å². The second kappa shape index (κ2) is 6.30. The lowest BCUT2D eigenvalue weighted by Gasteiger charge is -2.37. The fraction of sp³-hybridized carbons (Fsp3) is 0.684. The van der Waals surface area contributed by atoms with E-state index in [-0.39, 0.29) is 0 Å². The fourth-order valence-corrected chi connectivity index (χ4v) is 4.39. The van der Waals surface area contributed by atoms with Crippen molar-refractivity contribution in [2.24, 2.45) is 5.41 Å². The summed E-state index contributed by atoms with van der Waals surface area (Å²) in [5, 5.41) is 3.65. The monoisotopic (exact) mass is 273 g/mol. The van der Waals surface area contributed by atoms with Crippen LogP contribution in [0.1, 0.15) is 61.3 Å². The van der Waals surface area contributed by atoms with Gasteiger partial charge in [-0.2, -0.15) is 0 Å². The maximum absolute atomic E-state index is 3.65. The van der Waals surface area contributed by atoms with Crippen LogP contribution in [-0.2, 0) is 6.42 Å². The second-order valence-corrected chi connectivity index (χ2v) is 6.85. The Morgan fingerprint density at radius 1 is 1.10 bits per heavy atom. The van der Waals surface area contributed by atoms with E-state index in [1.54, 1.807) is 5.56 Å². The van der Waals surface area contributed by atoms with E-state index < -0.39 is 0 Å². The Hall–Kier alpha value is -0.820. The van der Waals surface area contributed by atoms with E-state index in [0.717, 1.165) is 0 Å². The van der Waals surface area contributed by atoms with Crippen molar-refractivity contribution in [2.75, 3.05) is 7.05 Å². The first-order valence-corrected chi connectivity index (χ1v) is 8.26. The molecule has 0 radical (unpaired) electrons. The predicted octanol–water partition coefficient (Wildman–Crippen LogP) is 4.71. The number of rotatable bonds is 5. The van der Waals surface area contributed by atoms with E-state index in [9.17, 15) is 0 Å². The topological polar surface area (TPSA) is 12.0 Å². The smallest absolute Gasteiger partial charge is 0.0161 e. The Balaban J connectivity index is 2.27. The SMILES string of the molecule is CCC1(C(Cc2c(C)cc(C)cc2C)NC)CCCC1. The average Bonchev–Trinajstić information content (AvgIpc) is 2.88. The maximum atomic E-state index is 3.65. The predicted molar refractivity (Wildman–Crippen MR) is 88.4 cm³/mol. The first kappa shape index (κ1) is 15.6. The van der Waals surface area contributed by atoms with Gasteiger partial charge in [-0.25, -0.2) is 0 Å². The third-order valence-electron chi connectivity index (χ3n) is 5.64. The lowest BCUT2D eigenvalue weighted by molar-refractivity contribution is 0.192. The van der Waals surface area contributed by atoms with Crippen molar-refractivity contribution in [1.82, 2.24) is 5.32 Å². The van der Waals surface area contributed by atoms with E-state index in [2.05, 4.69) is 52.2 Å². The molecule has 1 saturated carbocycles. The van der Waals surface area contributed by atoms with Crippen LogP contribution in [0.25, 0.3) is 0 Å². The maximum Gasteiger partial charge on any atom is 0.0161 e. The molecule has 0 bridgehead atoms. The molecule has 1 heteroatoms. The zero-order valence-electron chi connectivity index (χ0n) is 14.0. The Labute approximate surface area is 125 Å². The van der Waals surface area contributed by atoms with Gasteiger partial charge in [-0.15, -0.1) is 0 Å². The van der Waals surface area contributed by atoms with Gasteiger partial charge in [-0.05, 0) is 75.6 Å². The molecule has 0 saturated heterocycles. The molecule has 1 unspecified atom stereocenters. The van der Waals surface area contributed by atoms with Crippen molar-refractivity contribution in [2.45, 2.75) is 72.3 Å². The zero-order valence-corrected chi connectivity index (χ0v) is 14.0. The van der Waals surface area contributed by atoms with Crippen LogP contribution in [0.3, 0.4) is 0 Å². The van der Waals surface area contributed by atoms with Crippen LogP contribution in [0.4, 0.5) is 0 Å². The van der Waals surface area contributed by atoms with E-state index in [1.165, 1.54) is 55.2 Å². The van der Waals surface area contributed by atoms with Gasteiger partial charge in [-0.1, -0.05) is 37.5 Å². The van der Waals surface area contributed by atoms with Crippen LogP contribution in [-0.4, -0.2) is 13.1 Å². The Bertz CT molecular complexity index is 432. The molecule has 0 spiro atoms. The summed E-state index contributed by atoms with van der Waals surface area (Å²) in [6.45, 7) is 9.12. The summed E-state index contributed by atoms with van der Waals surface area (Å²) in [5.74, 6) is 0. The molecule has 0 heterocycles. The molecule has 0 aliphatic heterocycles. The van der Waals surface area contributed by atoms with Crippen molar-refractivity contribution in [3.63, 3.8) is 0 Å². The van der Waals surface area contributed by atoms with Crippen LogP contribution in [0.15, 0.2) is 12.1 Å². The molecule has 1 aliphatic rings. The summed E-state index contributed by atoms with van der Waals surface area (Å²) >= 11 is 0. The molecular weight excluding hydrogens is 242 g/mol. The lowest BCUT2D eigenvalue weighted by Crippen LogP contribution is -2.43. The van der Waals surface area contributed by atoms with Gasteiger partial charge in [0.25, 0.3) is 0 Å². The van der Waals surface area contributed by atoms with Crippen LogP contribution in [0.5, 0.6) is 0 Å². The number of likely N-dealkylation sites (N-methyl/N-ethyl adjacent to an activating group) is 1. The Morgan fingerprint density at radius 2 is 1.65 bits per heavy atom. The van der Waals surface area contributed by atoms with E-state index in [1.807, 2.05) is 0 Å². The van der Waals surface area contributed by atoms with Gasteiger partial charge in [0.2, 0.25) is 0 Å². The average molecular weight is 273 g/mol. The third-order valence-corrected chi connectivity index (χ3v) is 5.64. The largest absolute Gasteiger partial charge is 0.316 e. The molecule has 1 aromatic rings. The number of aryl methyl sites for hydroxylation is 3. The fourth-order valence-electron chi connectivity index (χ4n) is 4.39. The third kappa shape index (κ3) is 2.93.